The molecule has 7 heteroatoms. The number of carbonyl (C=O) groups excluding carboxylic acids is 1. The number of ether oxygens (including phenoxy) is 1. The first-order valence-electron chi connectivity index (χ1n) is 9.46. The summed E-state index contributed by atoms with van der Waals surface area (Å²) in [5.74, 6) is -0.509. The number of aromatic nitrogens is 1. The van der Waals surface area contributed by atoms with Crippen LogP contribution in [0.5, 0.6) is 0 Å². The van der Waals surface area contributed by atoms with Crippen LogP contribution in [-0.4, -0.2) is 42.1 Å². The predicted octanol–water partition coefficient (Wildman–Crippen LogP) is 4.48. The number of anilines is 1. The molecule has 1 fully saturated rings. The number of fused-ring (bicyclic) bond motifs is 1. The summed E-state index contributed by atoms with van der Waals surface area (Å²) in [5, 5.41) is 4.05. The van der Waals surface area contributed by atoms with Crippen molar-refractivity contribution in [2.45, 2.75) is 13.5 Å². The minimum atomic E-state index is -0.321. The number of hydrogen-bond donors (Lipinski definition) is 1. The van der Waals surface area contributed by atoms with E-state index in [0.29, 0.717) is 35.1 Å². The number of morpholine rings is 1. The van der Waals surface area contributed by atoms with Gasteiger partial charge < -0.3 is 10.1 Å². The number of benzene rings is 2. The molecule has 1 amide bonds. The quantitative estimate of drug-likeness (QED) is 0.685. The first-order valence-corrected chi connectivity index (χ1v) is 9.84. The first-order chi connectivity index (χ1) is 14.0. The molecule has 0 bridgehead atoms. The molecule has 0 atom stereocenters. The Bertz CT molecular complexity index is 1070. The van der Waals surface area contributed by atoms with Crippen molar-refractivity contribution in [3.8, 4) is 11.3 Å². The minimum Gasteiger partial charge on any atom is -0.379 e. The van der Waals surface area contributed by atoms with E-state index in [1.54, 1.807) is 18.2 Å². The molecule has 0 saturated carbocycles. The molecule has 2 aromatic carbocycles. The molecule has 4 rings (SSSR count). The number of nitrogens with one attached hydrogen (secondary N) is 1. The van der Waals surface area contributed by atoms with Gasteiger partial charge in [-0.15, -0.1) is 0 Å². The number of amides is 1. The second-order valence-electron chi connectivity index (χ2n) is 7.09. The molecule has 0 radical (unpaired) electrons. The fourth-order valence-electron chi connectivity index (χ4n) is 3.52. The lowest BCUT2D eigenvalue weighted by Gasteiger charge is -2.27. The Morgan fingerprint density at radius 1 is 1.21 bits per heavy atom. The fourth-order valence-corrected chi connectivity index (χ4v) is 3.75. The summed E-state index contributed by atoms with van der Waals surface area (Å²) in [6.45, 7) is 5.31. The smallest absolute Gasteiger partial charge is 0.221 e. The maximum Gasteiger partial charge on any atom is 0.221 e. The monoisotopic (exact) mass is 413 g/mol. The van der Waals surface area contributed by atoms with Gasteiger partial charge in [-0.1, -0.05) is 17.7 Å². The normalized spacial score (nSPS) is 14.9. The zero-order valence-electron chi connectivity index (χ0n) is 16.0. The van der Waals surface area contributed by atoms with Crippen LogP contribution in [0.25, 0.3) is 22.2 Å². The summed E-state index contributed by atoms with van der Waals surface area (Å²) in [6.07, 6.45) is 0. The van der Waals surface area contributed by atoms with Crippen LogP contribution in [-0.2, 0) is 16.1 Å². The van der Waals surface area contributed by atoms with Gasteiger partial charge in [-0.25, -0.2) is 9.37 Å². The third-order valence-electron chi connectivity index (χ3n) is 4.93. The molecule has 29 heavy (non-hydrogen) atoms. The lowest BCUT2D eigenvalue weighted by molar-refractivity contribution is -0.114. The van der Waals surface area contributed by atoms with Crippen LogP contribution >= 0.6 is 11.6 Å². The zero-order chi connectivity index (χ0) is 20.4. The maximum atomic E-state index is 13.9. The molecule has 0 unspecified atom stereocenters. The van der Waals surface area contributed by atoms with Gasteiger partial charge in [0, 0.05) is 43.6 Å². The van der Waals surface area contributed by atoms with E-state index in [9.17, 15) is 9.18 Å². The summed E-state index contributed by atoms with van der Waals surface area (Å²) >= 11 is 6.34. The lowest BCUT2D eigenvalue weighted by atomic mass is 10.0. The molecular formula is C22H21ClFN3O2. The van der Waals surface area contributed by atoms with E-state index in [1.165, 1.54) is 19.1 Å². The number of rotatable bonds is 4. The van der Waals surface area contributed by atoms with E-state index in [0.717, 1.165) is 36.1 Å². The summed E-state index contributed by atoms with van der Waals surface area (Å²) in [4.78, 5) is 18.3. The molecular weight excluding hydrogens is 393 g/mol. The van der Waals surface area contributed by atoms with Gasteiger partial charge in [-0.2, -0.15) is 0 Å². The van der Waals surface area contributed by atoms with Crippen LogP contribution in [0.1, 0.15) is 12.5 Å². The maximum absolute atomic E-state index is 13.9. The Kier molecular flexibility index (Phi) is 5.76. The molecule has 0 spiro atoms. The van der Waals surface area contributed by atoms with Gasteiger partial charge in [-0.05, 0) is 35.9 Å². The second-order valence-corrected chi connectivity index (χ2v) is 7.50. The van der Waals surface area contributed by atoms with E-state index in [4.69, 9.17) is 16.3 Å². The minimum absolute atomic E-state index is 0.188. The van der Waals surface area contributed by atoms with Crippen LogP contribution in [0, 0.1) is 5.82 Å². The highest BCUT2D eigenvalue weighted by molar-refractivity contribution is 6.34. The van der Waals surface area contributed by atoms with E-state index in [2.05, 4.69) is 15.2 Å². The molecule has 1 aliphatic rings. The van der Waals surface area contributed by atoms with Crippen LogP contribution in [0.4, 0.5) is 10.1 Å². The van der Waals surface area contributed by atoms with Crippen LogP contribution < -0.4 is 5.32 Å². The standard InChI is InChI=1S/C22H21ClFN3O2/c1-14(28)25-20-5-2-15(10-19(20)23)21-11-16(13-27-6-8-29-9-7-27)18-4-3-17(24)12-22(18)26-21/h2-5,10-12H,6-9,13H2,1H3,(H,25,28). The Hall–Kier alpha value is -2.54. The largest absolute Gasteiger partial charge is 0.379 e. The molecule has 3 aromatic rings. The van der Waals surface area contributed by atoms with E-state index in [1.807, 2.05) is 12.1 Å². The molecule has 1 saturated heterocycles. The highest BCUT2D eigenvalue weighted by atomic mass is 35.5. The van der Waals surface area contributed by atoms with Crippen molar-refractivity contribution in [3.63, 3.8) is 0 Å². The van der Waals surface area contributed by atoms with Crippen LogP contribution in [0.2, 0.25) is 5.02 Å². The second kappa shape index (κ2) is 8.45. The van der Waals surface area contributed by atoms with Gasteiger partial charge in [0.15, 0.2) is 0 Å². The molecule has 1 aliphatic heterocycles. The average Bonchev–Trinajstić information content (AvgIpc) is 2.69. The number of hydrogen-bond acceptors (Lipinski definition) is 4. The van der Waals surface area contributed by atoms with Gasteiger partial charge in [0.25, 0.3) is 0 Å². The SMILES string of the molecule is CC(=O)Nc1ccc(-c2cc(CN3CCOCC3)c3ccc(F)cc3n2)cc1Cl. The van der Waals surface area contributed by atoms with Gasteiger partial charge in [0.2, 0.25) is 5.91 Å². The van der Waals surface area contributed by atoms with Gasteiger partial charge >= 0.3 is 0 Å². The van der Waals surface area contributed by atoms with E-state index >= 15 is 0 Å². The van der Waals surface area contributed by atoms with Crippen molar-refractivity contribution in [1.29, 1.82) is 0 Å². The Morgan fingerprint density at radius 2 is 2.00 bits per heavy atom. The van der Waals surface area contributed by atoms with Gasteiger partial charge in [0.1, 0.15) is 5.82 Å². The Morgan fingerprint density at radius 3 is 2.72 bits per heavy atom. The average molecular weight is 414 g/mol. The topological polar surface area (TPSA) is 54.5 Å². The highest BCUT2D eigenvalue weighted by Gasteiger charge is 2.15. The van der Waals surface area contributed by atoms with Gasteiger partial charge in [0.05, 0.1) is 35.1 Å². The number of carbonyl (C=O) groups is 1. The van der Waals surface area contributed by atoms with Crippen molar-refractivity contribution < 1.29 is 13.9 Å². The molecule has 0 aliphatic carbocycles. The number of halogens is 2. The summed E-state index contributed by atoms with van der Waals surface area (Å²) in [7, 11) is 0. The lowest BCUT2D eigenvalue weighted by Crippen LogP contribution is -2.35. The number of pyridine rings is 1. The van der Waals surface area contributed by atoms with Crippen molar-refractivity contribution in [2.75, 3.05) is 31.6 Å². The first kappa shape index (κ1) is 19.8. The van der Waals surface area contributed by atoms with E-state index in [-0.39, 0.29) is 11.7 Å². The van der Waals surface area contributed by atoms with Crippen molar-refractivity contribution in [2.24, 2.45) is 0 Å². The molecule has 2 heterocycles. The van der Waals surface area contributed by atoms with Crippen molar-refractivity contribution >= 4 is 34.1 Å². The highest BCUT2D eigenvalue weighted by Crippen LogP contribution is 2.31. The van der Waals surface area contributed by atoms with Crippen LogP contribution in [0.3, 0.4) is 0 Å². The number of nitrogens with zero attached hydrogens (tertiary/aromatic N) is 2. The molecule has 150 valence electrons. The fraction of sp³-hybridized carbons (Fsp3) is 0.273. The predicted molar refractivity (Wildman–Crippen MR) is 113 cm³/mol. The van der Waals surface area contributed by atoms with Gasteiger partial charge in [-0.3, -0.25) is 9.69 Å². The summed E-state index contributed by atoms with van der Waals surface area (Å²) in [6, 6.07) is 12.1. The molecule has 1 N–H and O–H groups in total. The van der Waals surface area contributed by atoms with Crippen molar-refractivity contribution in [3.05, 3.63) is 58.9 Å². The Balaban J connectivity index is 1.76. The zero-order valence-corrected chi connectivity index (χ0v) is 16.8. The van der Waals surface area contributed by atoms with Crippen LogP contribution in [0.15, 0.2) is 42.5 Å². The third kappa shape index (κ3) is 4.56. The summed E-state index contributed by atoms with van der Waals surface area (Å²) < 4.78 is 19.3. The molecule has 1 aromatic heterocycles. The van der Waals surface area contributed by atoms with Crippen molar-refractivity contribution in [1.82, 2.24) is 9.88 Å². The molecule has 5 nitrogen and oxygen atoms in total. The third-order valence-corrected chi connectivity index (χ3v) is 5.24. The Labute approximate surface area is 173 Å². The van der Waals surface area contributed by atoms with E-state index < -0.39 is 0 Å². The summed E-state index contributed by atoms with van der Waals surface area (Å²) in [5.41, 5.74) is 3.74.